The Morgan fingerprint density at radius 2 is 2.00 bits per heavy atom. The topological polar surface area (TPSA) is 47.3 Å². The molecule has 1 heterocycles. The lowest BCUT2D eigenvalue weighted by Gasteiger charge is -2.15. The Hall–Kier alpha value is -2.02. The van der Waals surface area contributed by atoms with Gasteiger partial charge >= 0.3 is 0 Å². The van der Waals surface area contributed by atoms with E-state index in [4.69, 9.17) is 4.74 Å². The SMILES string of the molecule is CCn1ncc(OC)c1C(O)c1ccc(F)c(F)c1F. The molecular formula is C13H13F3N2O2. The molecule has 2 aromatic rings. The zero-order chi connectivity index (χ0) is 14.9. The highest BCUT2D eigenvalue weighted by Gasteiger charge is 2.26. The van der Waals surface area contributed by atoms with Crippen molar-refractivity contribution in [3.8, 4) is 5.75 Å². The Morgan fingerprint density at radius 1 is 1.30 bits per heavy atom. The molecule has 0 aliphatic carbocycles. The Balaban J connectivity index is 2.54. The van der Waals surface area contributed by atoms with E-state index >= 15 is 0 Å². The van der Waals surface area contributed by atoms with Crippen molar-refractivity contribution in [1.29, 1.82) is 0 Å². The molecule has 20 heavy (non-hydrogen) atoms. The summed E-state index contributed by atoms with van der Waals surface area (Å²) in [5.41, 5.74) is -0.197. The molecule has 0 aliphatic rings. The summed E-state index contributed by atoms with van der Waals surface area (Å²) in [4.78, 5) is 0. The number of aliphatic hydroxyl groups excluding tert-OH is 1. The number of methoxy groups -OCH3 is 1. The summed E-state index contributed by atoms with van der Waals surface area (Å²) in [5.74, 6) is -4.12. The van der Waals surface area contributed by atoms with E-state index in [1.165, 1.54) is 18.0 Å². The monoisotopic (exact) mass is 286 g/mol. The Kier molecular flexibility index (Phi) is 3.99. The maximum atomic E-state index is 13.7. The summed E-state index contributed by atoms with van der Waals surface area (Å²) < 4.78 is 46.3. The second-order valence-electron chi connectivity index (χ2n) is 4.08. The van der Waals surface area contributed by atoms with Crippen molar-refractivity contribution in [3.63, 3.8) is 0 Å². The van der Waals surface area contributed by atoms with Gasteiger partial charge in [0, 0.05) is 12.1 Å². The first kappa shape index (κ1) is 14.4. The van der Waals surface area contributed by atoms with E-state index in [2.05, 4.69) is 5.10 Å². The fourth-order valence-electron chi connectivity index (χ4n) is 1.96. The molecule has 1 atom stereocenters. The predicted molar refractivity (Wildman–Crippen MR) is 64.8 cm³/mol. The van der Waals surface area contributed by atoms with Crippen LogP contribution >= 0.6 is 0 Å². The van der Waals surface area contributed by atoms with Crippen LogP contribution in [0.4, 0.5) is 13.2 Å². The number of aromatic nitrogens is 2. The van der Waals surface area contributed by atoms with Crippen LogP contribution in [0.25, 0.3) is 0 Å². The molecule has 4 nitrogen and oxygen atoms in total. The highest BCUT2D eigenvalue weighted by Crippen LogP contribution is 2.32. The number of benzene rings is 1. The van der Waals surface area contributed by atoms with Crippen molar-refractivity contribution in [2.75, 3.05) is 7.11 Å². The summed E-state index contributed by atoms with van der Waals surface area (Å²) in [5, 5.41) is 14.2. The minimum atomic E-state index is -1.62. The number of halogens is 3. The van der Waals surface area contributed by atoms with Gasteiger partial charge in [-0.15, -0.1) is 0 Å². The minimum absolute atomic E-state index is 0.180. The maximum Gasteiger partial charge on any atom is 0.194 e. The number of hydrogen-bond acceptors (Lipinski definition) is 3. The Labute approximate surface area is 113 Å². The largest absolute Gasteiger partial charge is 0.493 e. The summed E-state index contributed by atoms with van der Waals surface area (Å²) in [6, 6.07) is 1.75. The fourth-order valence-corrected chi connectivity index (χ4v) is 1.96. The van der Waals surface area contributed by atoms with Gasteiger partial charge in [0.25, 0.3) is 0 Å². The van der Waals surface area contributed by atoms with Crippen LogP contribution in [-0.4, -0.2) is 22.0 Å². The Bertz CT molecular complexity index is 607. The summed E-state index contributed by atoms with van der Waals surface area (Å²) in [7, 11) is 1.37. The number of ether oxygens (including phenoxy) is 1. The standard InChI is InChI=1S/C13H13F3N2O2/c1-3-18-12(9(20-2)6-17-18)13(19)7-4-5-8(14)11(16)10(7)15/h4-6,13,19H,3H2,1-2H3. The van der Waals surface area contributed by atoms with Crippen molar-refractivity contribution in [3.05, 3.63) is 47.0 Å². The maximum absolute atomic E-state index is 13.7. The first-order chi connectivity index (χ1) is 9.51. The van der Waals surface area contributed by atoms with Gasteiger partial charge in [-0.2, -0.15) is 5.10 Å². The number of aliphatic hydroxyl groups is 1. The smallest absolute Gasteiger partial charge is 0.194 e. The zero-order valence-electron chi connectivity index (χ0n) is 10.9. The van der Waals surface area contributed by atoms with Gasteiger partial charge < -0.3 is 9.84 Å². The van der Waals surface area contributed by atoms with Gasteiger partial charge in [-0.25, -0.2) is 13.2 Å². The number of aryl methyl sites for hydroxylation is 1. The third-order valence-corrected chi connectivity index (χ3v) is 2.98. The predicted octanol–water partition coefficient (Wildman–Crippen LogP) is 2.41. The average Bonchev–Trinajstić information content (AvgIpc) is 2.87. The molecular weight excluding hydrogens is 273 g/mol. The van der Waals surface area contributed by atoms with Gasteiger partial charge in [-0.1, -0.05) is 0 Å². The summed E-state index contributed by atoms with van der Waals surface area (Å²) >= 11 is 0. The second kappa shape index (κ2) is 5.54. The molecule has 1 N–H and O–H groups in total. The van der Waals surface area contributed by atoms with Crippen LogP contribution in [0.5, 0.6) is 5.75 Å². The lowest BCUT2D eigenvalue weighted by molar-refractivity contribution is 0.195. The summed E-state index contributed by atoms with van der Waals surface area (Å²) in [6.45, 7) is 2.17. The zero-order valence-corrected chi connectivity index (χ0v) is 10.9. The molecule has 0 saturated carbocycles. The third kappa shape index (κ3) is 2.24. The van der Waals surface area contributed by atoms with Gasteiger partial charge in [-0.3, -0.25) is 4.68 Å². The van der Waals surface area contributed by atoms with Crippen LogP contribution in [-0.2, 0) is 6.54 Å². The molecule has 2 rings (SSSR count). The van der Waals surface area contributed by atoms with Crippen LogP contribution < -0.4 is 4.74 Å². The first-order valence-electron chi connectivity index (χ1n) is 5.92. The second-order valence-corrected chi connectivity index (χ2v) is 4.08. The van der Waals surface area contributed by atoms with Gasteiger partial charge in [0.15, 0.2) is 23.2 Å². The average molecular weight is 286 g/mol. The van der Waals surface area contributed by atoms with Crippen molar-refractivity contribution in [2.45, 2.75) is 19.6 Å². The van der Waals surface area contributed by atoms with Crippen LogP contribution in [0.15, 0.2) is 18.3 Å². The third-order valence-electron chi connectivity index (χ3n) is 2.98. The van der Waals surface area contributed by atoms with E-state index in [1.807, 2.05) is 0 Å². The lowest BCUT2D eigenvalue weighted by Crippen LogP contribution is -2.12. The molecule has 1 unspecified atom stereocenters. The van der Waals surface area contributed by atoms with Crippen LogP contribution in [0.1, 0.15) is 24.3 Å². The van der Waals surface area contributed by atoms with E-state index < -0.39 is 23.6 Å². The fraction of sp³-hybridized carbons (Fsp3) is 0.308. The van der Waals surface area contributed by atoms with E-state index in [0.717, 1.165) is 12.1 Å². The van der Waals surface area contributed by atoms with E-state index in [0.29, 0.717) is 6.54 Å². The molecule has 0 bridgehead atoms. The lowest BCUT2D eigenvalue weighted by atomic mass is 10.0. The van der Waals surface area contributed by atoms with Crippen LogP contribution in [0.3, 0.4) is 0 Å². The number of hydrogen-bond donors (Lipinski definition) is 1. The van der Waals surface area contributed by atoms with Crippen LogP contribution in [0, 0.1) is 17.5 Å². The molecule has 0 fully saturated rings. The molecule has 108 valence electrons. The molecule has 0 radical (unpaired) electrons. The van der Waals surface area contributed by atoms with Crippen LogP contribution in [0.2, 0.25) is 0 Å². The van der Waals surface area contributed by atoms with E-state index in [9.17, 15) is 18.3 Å². The summed E-state index contributed by atoms with van der Waals surface area (Å²) in [6.07, 6.45) is -0.151. The number of nitrogens with zero attached hydrogens (tertiary/aromatic N) is 2. The normalized spacial score (nSPS) is 12.5. The van der Waals surface area contributed by atoms with E-state index in [1.54, 1.807) is 6.92 Å². The molecule has 1 aromatic carbocycles. The van der Waals surface area contributed by atoms with E-state index in [-0.39, 0.29) is 17.0 Å². The molecule has 0 aliphatic heterocycles. The van der Waals surface area contributed by atoms with Gasteiger partial charge in [0.05, 0.1) is 13.3 Å². The van der Waals surface area contributed by atoms with Crippen molar-refractivity contribution < 1.29 is 23.0 Å². The highest BCUT2D eigenvalue weighted by molar-refractivity contribution is 5.36. The Morgan fingerprint density at radius 3 is 2.60 bits per heavy atom. The van der Waals surface area contributed by atoms with Gasteiger partial charge in [0.2, 0.25) is 0 Å². The molecule has 0 spiro atoms. The highest BCUT2D eigenvalue weighted by atomic mass is 19.2. The molecule has 7 heteroatoms. The quantitative estimate of drug-likeness (QED) is 0.878. The van der Waals surface area contributed by atoms with Crippen molar-refractivity contribution in [2.24, 2.45) is 0 Å². The number of rotatable bonds is 4. The molecule has 1 aromatic heterocycles. The first-order valence-corrected chi connectivity index (χ1v) is 5.92. The van der Waals surface area contributed by atoms with Crippen molar-refractivity contribution in [1.82, 2.24) is 9.78 Å². The molecule has 0 amide bonds. The van der Waals surface area contributed by atoms with Gasteiger partial charge in [0.1, 0.15) is 11.8 Å². The van der Waals surface area contributed by atoms with Gasteiger partial charge in [-0.05, 0) is 19.1 Å². The molecule has 0 saturated heterocycles. The minimum Gasteiger partial charge on any atom is -0.493 e. The van der Waals surface area contributed by atoms with Crippen molar-refractivity contribution >= 4 is 0 Å².